The van der Waals surface area contributed by atoms with Crippen molar-refractivity contribution in [1.82, 2.24) is 0 Å². The second-order valence-corrected chi connectivity index (χ2v) is 12.3. The highest BCUT2D eigenvalue weighted by Gasteiger charge is 2.15. The summed E-state index contributed by atoms with van der Waals surface area (Å²) in [7, 11) is 5.18. The summed E-state index contributed by atoms with van der Waals surface area (Å²) >= 11 is 0. The van der Waals surface area contributed by atoms with Gasteiger partial charge in [-0.3, -0.25) is 0 Å². The normalized spacial score (nSPS) is 12.9. The summed E-state index contributed by atoms with van der Waals surface area (Å²) in [5.41, 5.74) is 11.2. The van der Waals surface area contributed by atoms with Gasteiger partial charge in [-0.05, 0) is 65.4 Å². The van der Waals surface area contributed by atoms with Gasteiger partial charge in [-0.15, -0.1) is 0 Å². The van der Waals surface area contributed by atoms with Crippen LogP contribution in [0.1, 0.15) is 57.6 Å². The monoisotopic (exact) mass is 663 g/mol. The van der Waals surface area contributed by atoms with Crippen molar-refractivity contribution < 1.29 is 14.2 Å². The van der Waals surface area contributed by atoms with Gasteiger partial charge >= 0.3 is 0 Å². The predicted octanol–water partition coefficient (Wildman–Crippen LogP) is 10.1. The molecule has 0 saturated carbocycles. The van der Waals surface area contributed by atoms with E-state index in [4.69, 9.17) is 14.2 Å². The number of ether oxygens (including phenoxy) is 3. The Morgan fingerprint density at radius 2 is 0.780 bits per heavy atom. The highest BCUT2D eigenvalue weighted by Crippen LogP contribution is 2.29. The average Bonchev–Trinajstić information content (AvgIpc) is 3.18. The van der Waals surface area contributed by atoms with Crippen LogP contribution in [0.3, 0.4) is 0 Å². The maximum Gasteiger partial charge on any atom is 0.153 e. The molecule has 6 nitrogen and oxygen atoms in total. The van der Waals surface area contributed by atoms with E-state index >= 15 is 0 Å². The first-order valence-electron chi connectivity index (χ1n) is 16.9. The van der Waals surface area contributed by atoms with Crippen molar-refractivity contribution in [2.24, 2.45) is 0 Å². The van der Waals surface area contributed by atoms with Crippen molar-refractivity contribution in [3.05, 3.63) is 197 Å². The lowest BCUT2D eigenvalue weighted by Crippen LogP contribution is -2.14. The van der Waals surface area contributed by atoms with Crippen LogP contribution >= 0.6 is 0 Å². The summed E-state index contributed by atoms with van der Waals surface area (Å²) in [6.07, 6.45) is 0.852. The molecule has 0 aliphatic rings. The van der Waals surface area contributed by atoms with E-state index in [1.807, 2.05) is 54.6 Å². The summed E-state index contributed by atoms with van der Waals surface area (Å²) in [5, 5.41) is 10.6. The molecule has 6 aromatic rings. The third kappa shape index (κ3) is 9.18. The zero-order chi connectivity index (χ0) is 34.5. The molecule has 50 heavy (non-hydrogen) atoms. The van der Waals surface area contributed by atoms with E-state index in [0.29, 0.717) is 0 Å². The fourth-order valence-electron chi connectivity index (χ4n) is 6.10. The van der Waals surface area contributed by atoms with Crippen molar-refractivity contribution >= 4 is 17.1 Å². The maximum absolute atomic E-state index is 5.90. The van der Waals surface area contributed by atoms with E-state index in [2.05, 4.69) is 119 Å². The van der Waals surface area contributed by atoms with Crippen LogP contribution in [-0.2, 0) is 27.1 Å². The molecule has 0 amide bonds. The van der Waals surface area contributed by atoms with Gasteiger partial charge < -0.3 is 30.2 Å². The van der Waals surface area contributed by atoms with Gasteiger partial charge in [0.2, 0.25) is 0 Å². The number of anilines is 3. The molecule has 3 N–H and O–H groups in total. The lowest BCUT2D eigenvalue weighted by atomic mass is 9.97. The molecule has 3 unspecified atom stereocenters. The van der Waals surface area contributed by atoms with Crippen LogP contribution in [0.2, 0.25) is 0 Å². The van der Waals surface area contributed by atoms with E-state index in [9.17, 15) is 0 Å². The lowest BCUT2D eigenvalue weighted by molar-refractivity contribution is 0.127. The molecular formula is C44H45N3O3. The highest BCUT2D eigenvalue weighted by atomic mass is 16.5. The molecule has 0 aliphatic carbocycles. The third-order valence-electron chi connectivity index (χ3n) is 8.78. The van der Waals surface area contributed by atoms with Gasteiger partial charge in [0.25, 0.3) is 0 Å². The van der Waals surface area contributed by atoms with Gasteiger partial charge in [0.1, 0.15) is 0 Å². The molecule has 0 aliphatic heterocycles. The van der Waals surface area contributed by atoms with Gasteiger partial charge in [0.05, 0.1) is 0 Å². The fourth-order valence-corrected chi connectivity index (χ4v) is 6.10. The molecule has 0 spiro atoms. The number of hydrogen-bond acceptors (Lipinski definition) is 6. The second-order valence-electron chi connectivity index (χ2n) is 12.3. The minimum atomic E-state index is -0.275. The quantitative estimate of drug-likeness (QED) is 0.0896. The van der Waals surface area contributed by atoms with Crippen LogP contribution < -0.4 is 16.0 Å². The third-order valence-corrected chi connectivity index (χ3v) is 8.78. The second kappa shape index (κ2) is 17.3. The predicted molar refractivity (Wildman–Crippen MR) is 204 cm³/mol. The van der Waals surface area contributed by atoms with Crippen molar-refractivity contribution in [3.8, 4) is 0 Å². The zero-order valence-electron chi connectivity index (χ0n) is 28.9. The number of rotatable bonds is 16. The number of methoxy groups -OCH3 is 3. The van der Waals surface area contributed by atoms with E-state index in [1.54, 1.807) is 21.3 Å². The summed E-state index contributed by atoms with van der Waals surface area (Å²) in [5.74, 6) is 0. The van der Waals surface area contributed by atoms with Crippen molar-refractivity contribution in [2.45, 2.75) is 31.5 Å². The van der Waals surface area contributed by atoms with Crippen LogP contribution in [0.4, 0.5) is 17.1 Å². The Kier molecular flexibility index (Phi) is 11.9. The van der Waals surface area contributed by atoms with Gasteiger partial charge in [-0.25, -0.2) is 0 Å². The molecule has 6 heteroatoms. The topological polar surface area (TPSA) is 63.8 Å². The molecule has 0 heterocycles. The standard InChI is InChI=1S/C44H45N3O3/c1-48-42(35-13-7-4-8-14-35)45-39-24-19-32(20-25-39)29-34-23-28-41(47-44(50-3)37-17-11-6-12-18-37)38(31-34)30-33-21-26-40(27-22-33)46-43(49-2)36-15-9-5-10-16-36/h4-28,31,42-47H,29-30H2,1-3H3. The van der Waals surface area contributed by atoms with E-state index in [1.165, 1.54) is 22.3 Å². The smallest absolute Gasteiger partial charge is 0.153 e. The van der Waals surface area contributed by atoms with Gasteiger partial charge in [-0.2, -0.15) is 0 Å². The van der Waals surface area contributed by atoms with Crippen LogP contribution in [0.15, 0.2) is 158 Å². The van der Waals surface area contributed by atoms with Crippen LogP contribution in [-0.4, -0.2) is 21.3 Å². The lowest BCUT2D eigenvalue weighted by Gasteiger charge is -2.22. The molecule has 254 valence electrons. The number of nitrogens with one attached hydrogen (secondary N) is 3. The highest BCUT2D eigenvalue weighted by molar-refractivity contribution is 5.57. The Morgan fingerprint density at radius 1 is 0.400 bits per heavy atom. The Hall–Kier alpha value is -5.40. The molecule has 0 fully saturated rings. The van der Waals surface area contributed by atoms with Crippen LogP contribution in [0.5, 0.6) is 0 Å². The Labute approximate surface area is 296 Å². The SMILES string of the molecule is COC(Nc1ccc(Cc2ccc(NC(OC)c3ccccc3)c(Cc3ccc(NC(OC)c4ccccc4)cc3)c2)cc1)c1ccccc1. The first-order chi connectivity index (χ1) is 24.6. The summed E-state index contributed by atoms with van der Waals surface area (Å²) in [6, 6.07) is 54.5. The van der Waals surface area contributed by atoms with Crippen molar-refractivity contribution in [2.75, 3.05) is 37.3 Å². The van der Waals surface area contributed by atoms with Crippen molar-refractivity contribution in [3.63, 3.8) is 0 Å². The van der Waals surface area contributed by atoms with E-state index in [-0.39, 0.29) is 18.7 Å². The van der Waals surface area contributed by atoms with Crippen molar-refractivity contribution in [1.29, 1.82) is 0 Å². The Balaban J connectivity index is 1.20. The molecule has 0 aromatic heterocycles. The molecule has 6 aromatic carbocycles. The Bertz CT molecular complexity index is 1880. The minimum absolute atomic E-state index is 0.216. The van der Waals surface area contributed by atoms with Crippen LogP contribution in [0.25, 0.3) is 0 Å². The first kappa shape index (κ1) is 34.5. The molecule has 0 saturated heterocycles. The number of benzene rings is 6. The maximum atomic E-state index is 5.90. The molecule has 6 rings (SSSR count). The van der Waals surface area contributed by atoms with E-state index < -0.39 is 0 Å². The van der Waals surface area contributed by atoms with Gasteiger partial charge in [0.15, 0.2) is 18.7 Å². The van der Waals surface area contributed by atoms with Gasteiger partial charge in [-0.1, -0.05) is 127 Å². The van der Waals surface area contributed by atoms with E-state index in [0.717, 1.165) is 46.6 Å². The number of hydrogen-bond donors (Lipinski definition) is 3. The zero-order valence-corrected chi connectivity index (χ0v) is 28.9. The first-order valence-corrected chi connectivity index (χ1v) is 16.9. The largest absolute Gasteiger partial charge is 0.357 e. The summed E-state index contributed by atoms with van der Waals surface area (Å²) < 4.78 is 17.3. The van der Waals surface area contributed by atoms with Crippen LogP contribution in [0, 0.1) is 0 Å². The minimum Gasteiger partial charge on any atom is -0.357 e. The molecule has 3 atom stereocenters. The summed E-state index contributed by atoms with van der Waals surface area (Å²) in [4.78, 5) is 0. The molecular weight excluding hydrogens is 619 g/mol. The summed E-state index contributed by atoms with van der Waals surface area (Å²) in [6.45, 7) is 0. The molecule has 0 radical (unpaired) electrons. The van der Waals surface area contributed by atoms with Gasteiger partial charge in [0, 0.05) is 55.1 Å². The fraction of sp³-hybridized carbons (Fsp3) is 0.182. The molecule has 0 bridgehead atoms. The average molecular weight is 664 g/mol. The Morgan fingerprint density at radius 3 is 1.20 bits per heavy atom.